The number of hydrogen-bond donors (Lipinski definition) is 2. The number of ether oxygens (including phenoxy) is 3. The van der Waals surface area contributed by atoms with Gasteiger partial charge < -0.3 is 25.3 Å². The molecule has 8 nitrogen and oxygen atoms in total. The molecule has 2 aromatic heterocycles. The van der Waals surface area contributed by atoms with Crippen molar-refractivity contribution >= 4 is 11.6 Å². The Morgan fingerprint density at radius 1 is 1.19 bits per heavy atom. The first-order chi connectivity index (χ1) is 20.3. The first kappa shape index (κ1) is 29.8. The molecule has 3 aromatic rings. The maximum atomic E-state index is 15.5. The molecule has 1 aromatic carbocycles. The number of methoxy groups -OCH3 is 1. The molecule has 1 aliphatic carbocycles. The number of rotatable bonds is 8. The zero-order chi connectivity index (χ0) is 29.8. The number of anilines is 1. The number of carbonyl (C=O) groups is 1. The summed E-state index contributed by atoms with van der Waals surface area (Å²) in [6.45, 7) is 5.45. The molecule has 1 amide bonds. The van der Waals surface area contributed by atoms with Crippen molar-refractivity contribution in [2.75, 3.05) is 25.6 Å². The van der Waals surface area contributed by atoms with Crippen molar-refractivity contribution in [3.63, 3.8) is 0 Å². The third-order valence-corrected chi connectivity index (χ3v) is 8.61. The van der Waals surface area contributed by atoms with E-state index in [0.717, 1.165) is 43.7 Å². The van der Waals surface area contributed by atoms with Gasteiger partial charge in [-0.3, -0.25) is 9.78 Å². The Balaban J connectivity index is 1.40. The lowest BCUT2D eigenvalue weighted by Crippen LogP contribution is -2.39. The molecule has 1 saturated heterocycles. The van der Waals surface area contributed by atoms with Gasteiger partial charge in [0.15, 0.2) is 0 Å². The van der Waals surface area contributed by atoms with Crippen molar-refractivity contribution in [1.82, 2.24) is 9.97 Å². The monoisotopic (exact) mass is 580 g/mol. The lowest BCUT2D eigenvalue weighted by atomic mass is 9.69. The van der Waals surface area contributed by atoms with Gasteiger partial charge in [-0.2, -0.15) is 0 Å². The van der Waals surface area contributed by atoms with Crippen LogP contribution in [0.25, 0.3) is 11.3 Å². The van der Waals surface area contributed by atoms with Gasteiger partial charge in [-0.05, 0) is 67.2 Å². The number of aromatic nitrogens is 2. The van der Waals surface area contributed by atoms with Crippen LogP contribution in [-0.4, -0.2) is 48.3 Å². The van der Waals surface area contributed by atoms with Gasteiger partial charge in [-0.25, -0.2) is 13.8 Å². The Bertz CT molecular complexity index is 1420. The number of carbonyl (C=O) groups excluding carboxylic acids is 1. The van der Waals surface area contributed by atoms with Gasteiger partial charge in [0.2, 0.25) is 0 Å². The average Bonchev–Trinajstić information content (AvgIpc) is 2.99. The molecule has 3 N–H and O–H groups in total. The summed E-state index contributed by atoms with van der Waals surface area (Å²) >= 11 is 0. The van der Waals surface area contributed by atoms with Crippen molar-refractivity contribution in [2.24, 2.45) is 17.6 Å². The topological polar surface area (TPSA) is 109 Å². The molecule has 0 bridgehead atoms. The van der Waals surface area contributed by atoms with Gasteiger partial charge in [-0.1, -0.05) is 20.3 Å². The number of benzene rings is 1. The minimum atomic E-state index is -0.795. The van der Waals surface area contributed by atoms with E-state index in [1.54, 1.807) is 12.4 Å². The fourth-order valence-corrected chi connectivity index (χ4v) is 6.17. The van der Waals surface area contributed by atoms with Crippen molar-refractivity contribution in [1.29, 1.82) is 0 Å². The normalized spacial score (nSPS) is 24.2. The summed E-state index contributed by atoms with van der Waals surface area (Å²) in [5, 5.41) is 2.89. The molecule has 224 valence electrons. The predicted octanol–water partition coefficient (Wildman–Crippen LogP) is 6.11. The zero-order valence-electron chi connectivity index (χ0n) is 24.2. The van der Waals surface area contributed by atoms with Crippen LogP contribution < -0.4 is 20.5 Å². The van der Waals surface area contributed by atoms with Crippen LogP contribution in [0.1, 0.15) is 67.9 Å². The Hall–Kier alpha value is -3.63. The molecule has 5 atom stereocenters. The van der Waals surface area contributed by atoms with Crippen molar-refractivity contribution < 1.29 is 27.8 Å². The van der Waals surface area contributed by atoms with Gasteiger partial charge in [0.25, 0.3) is 5.91 Å². The molecule has 5 rings (SSSR count). The van der Waals surface area contributed by atoms with Crippen LogP contribution in [0.5, 0.6) is 11.5 Å². The lowest BCUT2D eigenvalue weighted by molar-refractivity contribution is 0.00724. The third-order valence-electron chi connectivity index (χ3n) is 8.61. The molecule has 10 heteroatoms. The van der Waals surface area contributed by atoms with Gasteiger partial charge >= 0.3 is 0 Å². The second-order valence-corrected chi connectivity index (χ2v) is 11.2. The molecule has 0 unspecified atom stereocenters. The number of amides is 1. The van der Waals surface area contributed by atoms with Crippen LogP contribution in [-0.2, 0) is 4.74 Å². The number of nitrogens with two attached hydrogens (primary N) is 1. The summed E-state index contributed by atoms with van der Waals surface area (Å²) in [6.07, 6.45) is 7.51. The first-order valence-corrected chi connectivity index (χ1v) is 14.6. The van der Waals surface area contributed by atoms with Crippen LogP contribution in [0.4, 0.5) is 14.5 Å². The Kier molecular flexibility index (Phi) is 9.33. The molecule has 2 aliphatic rings. The van der Waals surface area contributed by atoms with E-state index in [1.807, 2.05) is 6.07 Å². The highest BCUT2D eigenvalue weighted by Crippen LogP contribution is 2.42. The number of hydrogen-bond acceptors (Lipinski definition) is 7. The number of pyridine rings is 2. The molecule has 3 heterocycles. The van der Waals surface area contributed by atoms with E-state index in [2.05, 4.69) is 29.1 Å². The van der Waals surface area contributed by atoms with E-state index in [-0.39, 0.29) is 46.5 Å². The molecule has 1 saturated carbocycles. The highest BCUT2D eigenvalue weighted by Gasteiger charge is 2.34. The van der Waals surface area contributed by atoms with Gasteiger partial charge in [0, 0.05) is 31.0 Å². The quantitative estimate of drug-likeness (QED) is 0.331. The smallest absolute Gasteiger partial charge is 0.274 e. The minimum Gasteiger partial charge on any atom is -0.496 e. The van der Waals surface area contributed by atoms with E-state index in [1.165, 1.54) is 25.3 Å². The molecular weight excluding hydrogens is 542 g/mol. The van der Waals surface area contributed by atoms with Crippen LogP contribution in [0.15, 0.2) is 42.7 Å². The maximum Gasteiger partial charge on any atom is 0.274 e. The fraction of sp³-hybridized carbons (Fsp3) is 0.469. The molecule has 0 radical (unpaired) electrons. The van der Waals surface area contributed by atoms with Crippen LogP contribution in [0, 0.1) is 23.5 Å². The molecular formula is C32H38F2N4O4. The van der Waals surface area contributed by atoms with E-state index in [9.17, 15) is 4.79 Å². The summed E-state index contributed by atoms with van der Waals surface area (Å²) < 4.78 is 47.2. The van der Waals surface area contributed by atoms with Crippen molar-refractivity contribution in [3.05, 3.63) is 65.6 Å². The number of halogens is 2. The summed E-state index contributed by atoms with van der Waals surface area (Å²) in [7, 11) is 1.35. The molecule has 1 aliphatic heterocycles. The Labute approximate surface area is 245 Å². The standard InChI is InChI=1S/C32H38F2N4O4/c1-4-19-12-20(13-26(35)18(19)2)23-9-10-36-16-28(23)38-32(39)27-8-7-24(33)31(37-27)30-25(34)14-22(15-29(30)40-3)42-21-6-5-11-41-17-21/h7-10,14-16,18-21,26H,4-6,11-13,17,35H2,1-3H3,(H,38,39)/t18-,19-,20+,21+,26+/m0/s1. The highest BCUT2D eigenvalue weighted by atomic mass is 19.1. The predicted molar refractivity (Wildman–Crippen MR) is 156 cm³/mol. The second kappa shape index (κ2) is 13.1. The number of nitrogens with zero attached hydrogens (tertiary/aromatic N) is 2. The minimum absolute atomic E-state index is 0.0357. The summed E-state index contributed by atoms with van der Waals surface area (Å²) in [5.74, 6) is -0.804. The third kappa shape index (κ3) is 6.39. The fourth-order valence-electron chi connectivity index (χ4n) is 6.17. The zero-order valence-corrected chi connectivity index (χ0v) is 24.2. The average molecular weight is 581 g/mol. The first-order valence-electron chi connectivity index (χ1n) is 14.6. The van der Waals surface area contributed by atoms with Crippen molar-refractivity contribution in [2.45, 2.75) is 64.0 Å². The maximum absolute atomic E-state index is 15.5. The summed E-state index contributed by atoms with van der Waals surface area (Å²) in [5.41, 5.74) is 7.37. The van der Waals surface area contributed by atoms with Gasteiger partial charge in [0.05, 0.1) is 31.2 Å². The molecule has 2 fully saturated rings. The van der Waals surface area contributed by atoms with E-state index in [0.29, 0.717) is 30.7 Å². The number of nitrogens with one attached hydrogen (secondary N) is 1. The SMILES string of the molecule is CC[C@H]1C[C@@H](c2ccncc2NC(=O)c2ccc(F)c(-c3c(F)cc(O[C@@H]4CCCOC4)cc3OC)n2)C[C@@H](N)[C@H]1C. The van der Waals surface area contributed by atoms with Crippen LogP contribution >= 0.6 is 0 Å². The molecule has 0 spiro atoms. The van der Waals surface area contributed by atoms with E-state index in [4.69, 9.17) is 19.9 Å². The second-order valence-electron chi connectivity index (χ2n) is 11.2. The van der Waals surface area contributed by atoms with Crippen LogP contribution in [0.3, 0.4) is 0 Å². The van der Waals surface area contributed by atoms with Gasteiger partial charge in [-0.15, -0.1) is 0 Å². The highest BCUT2D eigenvalue weighted by molar-refractivity contribution is 6.03. The molecule has 42 heavy (non-hydrogen) atoms. The Morgan fingerprint density at radius 2 is 2.02 bits per heavy atom. The summed E-state index contributed by atoms with van der Waals surface area (Å²) in [6, 6.07) is 6.98. The van der Waals surface area contributed by atoms with E-state index < -0.39 is 17.5 Å². The van der Waals surface area contributed by atoms with Crippen LogP contribution in [0.2, 0.25) is 0 Å². The van der Waals surface area contributed by atoms with Gasteiger partial charge in [0.1, 0.15) is 40.6 Å². The van der Waals surface area contributed by atoms with Crippen molar-refractivity contribution in [3.8, 4) is 22.8 Å². The lowest BCUT2D eigenvalue weighted by Gasteiger charge is -2.39. The largest absolute Gasteiger partial charge is 0.496 e. The Morgan fingerprint density at radius 3 is 2.76 bits per heavy atom. The summed E-state index contributed by atoms with van der Waals surface area (Å²) in [4.78, 5) is 21.8. The van der Waals surface area contributed by atoms with E-state index >= 15 is 8.78 Å².